The molecule has 0 saturated heterocycles. The number of benzene rings is 4. The molecule has 5 rings (SSSR count). The second kappa shape index (κ2) is 8.63. The summed E-state index contributed by atoms with van der Waals surface area (Å²) in [5.41, 5.74) is 3.92. The molecule has 0 heterocycles. The minimum atomic E-state index is -0.481. The normalized spacial score (nSPS) is 11.5. The first-order valence-electron chi connectivity index (χ1n) is 10.5. The highest BCUT2D eigenvalue weighted by molar-refractivity contribution is 6.22. The Hall–Kier alpha value is -4.78. The van der Waals surface area contributed by atoms with Gasteiger partial charge in [-0.15, -0.1) is 0 Å². The van der Waals surface area contributed by atoms with Gasteiger partial charge in [0, 0.05) is 23.3 Å². The number of rotatable bonds is 6. The summed E-state index contributed by atoms with van der Waals surface area (Å²) in [6, 6.07) is 25.1. The zero-order valence-corrected chi connectivity index (χ0v) is 17.8. The van der Waals surface area contributed by atoms with Crippen molar-refractivity contribution in [2.45, 2.75) is 6.61 Å². The molecule has 0 radical (unpaired) electrons. The second-order valence-corrected chi connectivity index (χ2v) is 7.71. The smallest absolute Gasteiger partial charge is 0.338 e. The third-order valence-electron chi connectivity index (χ3n) is 5.54. The zero-order valence-electron chi connectivity index (χ0n) is 17.8. The molecule has 0 N–H and O–H groups in total. The van der Waals surface area contributed by atoms with Crippen molar-refractivity contribution in [2.75, 3.05) is 0 Å². The van der Waals surface area contributed by atoms with Crippen LogP contribution in [0.2, 0.25) is 0 Å². The van der Waals surface area contributed by atoms with E-state index in [9.17, 15) is 19.7 Å². The van der Waals surface area contributed by atoms with Gasteiger partial charge in [0.2, 0.25) is 0 Å². The van der Waals surface area contributed by atoms with Crippen LogP contribution in [0.4, 0.5) is 5.69 Å². The van der Waals surface area contributed by atoms with E-state index < -0.39 is 10.9 Å². The first-order chi connectivity index (χ1) is 16.5. The lowest BCUT2D eigenvalue weighted by atomic mass is 10.0. The SMILES string of the molecule is O=C(OCc1ccc(Oc2ccc([N+](=O)[O-])cc2)cc1)c1ccc2c(c1)-c1ccccc1C2=O. The molecule has 7 heteroatoms. The summed E-state index contributed by atoms with van der Waals surface area (Å²) >= 11 is 0. The fraction of sp³-hybridized carbons (Fsp3) is 0.0370. The van der Waals surface area contributed by atoms with Crippen molar-refractivity contribution in [3.8, 4) is 22.6 Å². The highest BCUT2D eigenvalue weighted by Gasteiger charge is 2.27. The minimum Gasteiger partial charge on any atom is -0.457 e. The van der Waals surface area contributed by atoms with Crippen LogP contribution in [0.15, 0.2) is 91.0 Å². The molecule has 0 saturated carbocycles. The lowest BCUT2D eigenvalue weighted by molar-refractivity contribution is -0.384. The summed E-state index contributed by atoms with van der Waals surface area (Å²) in [5, 5.41) is 10.7. The van der Waals surface area contributed by atoms with Crippen molar-refractivity contribution in [1.82, 2.24) is 0 Å². The van der Waals surface area contributed by atoms with E-state index in [1.807, 2.05) is 18.2 Å². The third kappa shape index (κ3) is 4.02. The summed E-state index contributed by atoms with van der Waals surface area (Å²) in [5.74, 6) is 0.500. The van der Waals surface area contributed by atoms with Crippen LogP contribution >= 0.6 is 0 Å². The van der Waals surface area contributed by atoms with Gasteiger partial charge in [0.15, 0.2) is 5.78 Å². The fourth-order valence-electron chi connectivity index (χ4n) is 3.81. The second-order valence-electron chi connectivity index (χ2n) is 7.71. The molecular weight excluding hydrogens is 434 g/mol. The Balaban J connectivity index is 1.23. The number of esters is 1. The van der Waals surface area contributed by atoms with Gasteiger partial charge in [0.25, 0.3) is 5.69 Å². The van der Waals surface area contributed by atoms with Gasteiger partial charge in [0.1, 0.15) is 18.1 Å². The van der Waals surface area contributed by atoms with Crippen LogP contribution in [0.3, 0.4) is 0 Å². The number of nitrogens with zero attached hydrogens (tertiary/aromatic N) is 1. The van der Waals surface area contributed by atoms with Crippen LogP contribution < -0.4 is 4.74 Å². The van der Waals surface area contributed by atoms with Crippen molar-refractivity contribution in [2.24, 2.45) is 0 Å². The molecular formula is C27H17NO6. The Bertz CT molecular complexity index is 1420. The number of non-ortho nitro benzene ring substituents is 1. The average molecular weight is 451 g/mol. The highest BCUT2D eigenvalue weighted by Crippen LogP contribution is 2.37. The molecule has 4 aromatic rings. The van der Waals surface area contributed by atoms with Gasteiger partial charge in [-0.05, 0) is 59.2 Å². The van der Waals surface area contributed by atoms with Gasteiger partial charge in [-0.1, -0.05) is 36.4 Å². The van der Waals surface area contributed by atoms with Crippen LogP contribution in [-0.4, -0.2) is 16.7 Å². The van der Waals surface area contributed by atoms with Gasteiger partial charge < -0.3 is 9.47 Å². The van der Waals surface area contributed by atoms with E-state index in [2.05, 4.69) is 0 Å². The Labute approximate surface area is 194 Å². The van der Waals surface area contributed by atoms with Crippen LogP contribution in [0.25, 0.3) is 11.1 Å². The molecule has 0 spiro atoms. The molecule has 0 aliphatic heterocycles. The van der Waals surface area contributed by atoms with Crippen molar-refractivity contribution in [3.05, 3.63) is 123 Å². The molecule has 0 amide bonds. The van der Waals surface area contributed by atoms with Crippen molar-refractivity contribution in [3.63, 3.8) is 0 Å². The first kappa shape index (κ1) is 21.1. The molecule has 34 heavy (non-hydrogen) atoms. The molecule has 0 aromatic heterocycles. The minimum absolute atomic E-state index is 0.0105. The predicted molar refractivity (Wildman–Crippen MR) is 124 cm³/mol. The van der Waals surface area contributed by atoms with Crippen molar-refractivity contribution in [1.29, 1.82) is 0 Å². The van der Waals surface area contributed by atoms with E-state index in [-0.39, 0.29) is 18.1 Å². The number of nitro groups is 1. The summed E-state index contributed by atoms with van der Waals surface area (Å²) in [7, 11) is 0. The fourth-order valence-corrected chi connectivity index (χ4v) is 3.81. The summed E-state index contributed by atoms with van der Waals surface area (Å²) in [6.07, 6.45) is 0. The lowest BCUT2D eigenvalue weighted by Gasteiger charge is -2.09. The molecule has 0 fully saturated rings. The summed E-state index contributed by atoms with van der Waals surface area (Å²) in [4.78, 5) is 35.4. The van der Waals surface area contributed by atoms with E-state index in [0.717, 1.165) is 16.7 Å². The molecule has 4 aromatic carbocycles. The van der Waals surface area contributed by atoms with E-state index in [1.165, 1.54) is 24.3 Å². The predicted octanol–water partition coefficient (Wildman–Crippen LogP) is 5.96. The van der Waals surface area contributed by atoms with Crippen LogP contribution in [0, 0.1) is 10.1 Å². The van der Waals surface area contributed by atoms with Gasteiger partial charge in [-0.25, -0.2) is 4.79 Å². The maximum Gasteiger partial charge on any atom is 0.338 e. The Morgan fingerprint density at radius 3 is 2.06 bits per heavy atom. The first-order valence-corrected chi connectivity index (χ1v) is 10.5. The van der Waals surface area contributed by atoms with Crippen LogP contribution in [-0.2, 0) is 11.3 Å². The molecule has 0 unspecified atom stereocenters. The van der Waals surface area contributed by atoms with Crippen molar-refractivity contribution >= 4 is 17.4 Å². The number of hydrogen-bond acceptors (Lipinski definition) is 6. The molecule has 166 valence electrons. The standard InChI is InChI=1S/C27H17NO6/c29-26-23-4-2-1-3-22(23)25-15-18(7-14-24(25)26)27(30)33-16-17-5-10-20(11-6-17)34-21-12-8-19(9-13-21)28(31)32/h1-15H,16H2. The van der Waals surface area contributed by atoms with E-state index in [4.69, 9.17) is 9.47 Å². The Kier molecular flexibility index (Phi) is 5.35. The Morgan fingerprint density at radius 1 is 0.765 bits per heavy atom. The Morgan fingerprint density at radius 2 is 1.38 bits per heavy atom. The number of carbonyl (C=O) groups excluding carboxylic acids is 2. The number of hydrogen-bond donors (Lipinski definition) is 0. The zero-order chi connectivity index (χ0) is 23.7. The lowest BCUT2D eigenvalue weighted by Crippen LogP contribution is -2.06. The molecule has 0 atom stereocenters. The summed E-state index contributed by atoms with van der Waals surface area (Å²) < 4.78 is 11.1. The number of fused-ring (bicyclic) bond motifs is 3. The maximum atomic E-state index is 12.6. The largest absolute Gasteiger partial charge is 0.457 e. The van der Waals surface area contributed by atoms with Crippen LogP contribution in [0.1, 0.15) is 31.8 Å². The number of nitro benzene ring substituents is 1. The van der Waals surface area contributed by atoms with E-state index in [0.29, 0.717) is 28.2 Å². The van der Waals surface area contributed by atoms with E-state index >= 15 is 0 Å². The van der Waals surface area contributed by atoms with Crippen LogP contribution in [0.5, 0.6) is 11.5 Å². The summed E-state index contributed by atoms with van der Waals surface area (Å²) in [6.45, 7) is 0.0727. The van der Waals surface area contributed by atoms with Gasteiger partial charge in [-0.3, -0.25) is 14.9 Å². The molecule has 0 bridgehead atoms. The van der Waals surface area contributed by atoms with E-state index in [1.54, 1.807) is 48.5 Å². The third-order valence-corrected chi connectivity index (χ3v) is 5.54. The average Bonchev–Trinajstić information content (AvgIpc) is 3.15. The number of ether oxygens (including phenoxy) is 2. The quantitative estimate of drug-likeness (QED) is 0.180. The monoisotopic (exact) mass is 451 g/mol. The van der Waals surface area contributed by atoms with Gasteiger partial charge in [-0.2, -0.15) is 0 Å². The van der Waals surface area contributed by atoms with Gasteiger partial charge in [0.05, 0.1) is 10.5 Å². The topological polar surface area (TPSA) is 95.7 Å². The number of carbonyl (C=O) groups is 2. The van der Waals surface area contributed by atoms with Gasteiger partial charge >= 0.3 is 5.97 Å². The van der Waals surface area contributed by atoms with Crippen molar-refractivity contribution < 1.29 is 24.0 Å². The number of ketones is 1. The molecule has 1 aliphatic rings. The molecule has 7 nitrogen and oxygen atoms in total. The highest BCUT2D eigenvalue weighted by atomic mass is 16.6. The molecule has 1 aliphatic carbocycles. The maximum absolute atomic E-state index is 12.6.